The highest BCUT2D eigenvalue weighted by atomic mass is 16.6. The molecule has 0 aliphatic rings. The fraction of sp³-hybridized carbons (Fsp3) is 0.643. The Balaban J connectivity index is 2.38. The van der Waals surface area contributed by atoms with E-state index < -0.39 is 11.7 Å². The second-order valence-corrected chi connectivity index (χ2v) is 5.48. The van der Waals surface area contributed by atoms with Crippen LogP contribution in [0.3, 0.4) is 0 Å². The van der Waals surface area contributed by atoms with Crippen LogP contribution in [0.5, 0.6) is 11.8 Å². The Bertz CT molecular complexity index is 466. The molecule has 0 atom stereocenters. The molecular formula is C14H24N4O4. The summed E-state index contributed by atoms with van der Waals surface area (Å²) >= 11 is 0. The Labute approximate surface area is 130 Å². The molecule has 1 amide bonds. The quantitative estimate of drug-likeness (QED) is 0.728. The van der Waals surface area contributed by atoms with Crippen LogP contribution in [0.2, 0.25) is 0 Å². The first-order valence-electron chi connectivity index (χ1n) is 6.96. The third kappa shape index (κ3) is 6.13. The summed E-state index contributed by atoms with van der Waals surface area (Å²) in [4.78, 5) is 19.5. The van der Waals surface area contributed by atoms with E-state index in [0.29, 0.717) is 31.4 Å². The molecule has 0 saturated heterocycles. The predicted molar refractivity (Wildman–Crippen MR) is 81.1 cm³/mol. The highest BCUT2D eigenvalue weighted by molar-refractivity contribution is 5.67. The van der Waals surface area contributed by atoms with Gasteiger partial charge >= 0.3 is 6.09 Å². The monoisotopic (exact) mass is 312 g/mol. The van der Waals surface area contributed by atoms with Gasteiger partial charge in [0.2, 0.25) is 11.8 Å². The molecule has 0 aromatic carbocycles. The molecule has 0 bridgehead atoms. The SMILES string of the molecule is COc1ncnc(OC)c1CNCCNC(=O)OC(C)(C)C. The van der Waals surface area contributed by atoms with E-state index in [1.807, 2.05) is 20.8 Å². The molecule has 1 heterocycles. The van der Waals surface area contributed by atoms with Crippen molar-refractivity contribution in [3.05, 3.63) is 11.9 Å². The molecule has 0 spiro atoms. The standard InChI is InChI=1S/C14H24N4O4/c1-14(2,3)22-13(19)16-7-6-15-8-10-11(20-4)17-9-18-12(10)21-5/h9,15H,6-8H2,1-5H3,(H,16,19). The summed E-state index contributed by atoms with van der Waals surface area (Å²) in [7, 11) is 3.07. The van der Waals surface area contributed by atoms with Crippen molar-refractivity contribution in [2.24, 2.45) is 0 Å². The lowest BCUT2D eigenvalue weighted by Gasteiger charge is -2.19. The zero-order valence-corrected chi connectivity index (χ0v) is 13.7. The first-order valence-corrected chi connectivity index (χ1v) is 6.96. The second kappa shape index (κ2) is 8.38. The number of nitrogens with one attached hydrogen (secondary N) is 2. The molecule has 0 unspecified atom stereocenters. The van der Waals surface area contributed by atoms with Crippen molar-refractivity contribution in [3.63, 3.8) is 0 Å². The zero-order chi connectivity index (χ0) is 16.6. The average Bonchev–Trinajstić information content (AvgIpc) is 2.44. The van der Waals surface area contributed by atoms with E-state index in [1.54, 1.807) is 0 Å². The smallest absolute Gasteiger partial charge is 0.407 e. The number of nitrogens with zero attached hydrogens (tertiary/aromatic N) is 2. The zero-order valence-electron chi connectivity index (χ0n) is 13.7. The molecule has 124 valence electrons. The summed E-state index contributed by atoms with van der Waals surface area (Å²) in [5.74, 6) is 0.916. The Morgan fingerprint density at radius 1 is 1.14 bits per heavy atom. The third-order valence-electron chi connectivity index (χ3n) is 2.52. The van der Waals surface area contributed by atoms with E-state index >= 15 is 0 Å². The molecule has 8 heteroatoms. The van der Waals surface area contributed by atoms with Gasteiger partial charge in [-0.05, 0) is 20.8 Å². The van der Waals surface area contributed by atoms with Crippen LogP contribution in [-0.4, -0.2) is 49.0 Å². The van der Waals surface area contributed by atoms with Gasteiger partial charge in [-0.2, -0.15) is 0 Å². The van der Waals surface area contributed by atoms with E-state index in [9.17, 15) is 4.79 Å². The summed E-state index contributed by atoms with van der Waals surface area (Å²) in [6.07, 6.45) is 0.943. The van der Waals surface area contributed by atoms with E-state index in [-0.39, 0.29) is 0 Å². The van der Waals surface area contributed by atoms with Gasteiger partial charge in [0.05, 0.1) is 19.8 Å². The summed E-state index contributed by atoms with van der Waals surface area (Å²) in [5, 5.41) is 5.82. The van der Waals surface area contributed by atoms with Crippen molar-refractivity contribution in [2.75, 3.05) is 27.3 Å². The van der Waals surface area contributed by atoms with Crippen LogP contribution in [0.15, 0.2) is 6.33 Å². The lowest BCUT2D eigenvalue weighted by Crippen LogP contribution is -2.36. The molecule has 8 nitrogen and oxygen atoms in total. The number of carbonyl (C=O) groups is 1. The topological polar surface area (TPSA) is 94.6 Å². The number of hydrogen-bond acceptors (Lipinski definition) is 7. The second-order valence-electron chi connectivity index (χ2n) is 5.48. The van der Waals surface area contributed by atoms with Crippen LogP contribution in [0.4, 0.5) is 4.79 Å². The summed E-state index contributed by atoms with van der Waals surface area (Å²) in [6.45, 7) is 6.91. The fourth-order valence-electron chi connectivity index (χ4n) is 1.66. The van der Waals surface area contributed by atoms with Gasteiger partial charge in [0, 0.05) is 19.6 Å². The third-order valence-corrected chi connectivity index (χ3v) is 2.52. The van der Waals surface area contributed by atoms with Gasteiger partial charge in [-0.25, -0.2) is 14.8 Å². The van der Waals surface area contributed by atoms with Gasteiger partial charge < -0.3 is 24.8 Å². The van der Waals surface area contributed by atoms with Gasteiger partial charge in [-0.15, -0.1) is 0 Å². The van der Waals surface area contributed by atoms with Gasteiger partial charge in [-0.1, -0.05) is 0 Å². The number of alkyl carbamates (subject to hydrolysis) is 1. The number of hydrogen-bond donors (Lipinski definition) is 2. The van der Waals surface area contributed by atoms with Crippen molar-refractivity contribution in [3.8, 4) is 11.8 Å². The van der Waals surface area contributed by atoms with Crippen LogP contribution in [-0.2, 0) is 11.3 Å². The predicted octanol–water partition coefficient (Wildman–Crippen LogP) is 1.11. The summed E-state index contributed by atoms with van der Waals surface area (Å²) in [5.41, 5.74) is 0.226. The normalized spacial score (nSPS) is 11.0. The number of ether oxygens (including phenoxy) is 3. The molecule has 0 radical (unpaired) electrons. The van der Waals surface area contributed by atoms with Crippen LogP contribution in [0.1, 0.15) is 26.3 Å². The number of aromatic nitrogens is 2. The molecule has 1 aromatic rings. The maximum atomic E-state index is 11.5. The summed E-state index contributed by atoms with van der Waals surface area (Å²) < 4.78 is 15.5. The number of rotatable bonds is 7. The first kappa shape index (κ1) is 18.0. The lowest BCUT2D eigenvalue weighted by atomic mass is 10.2. The Morgan fingerprint density at radius 2 is 1.73 bits per heavy atom. The van der Waals surface area contributed by atoms with Gasteiger partial charge in [0.15, 0.2) is 0 Å². The number of carbonyl (C=O) groups excluding carboxylic acids is 1. The highest BCUT2D eigenvalue weighted by Gasteiger charge is 2.15. The van der Waals surface area contributed by atoms with Crippen molar-refractivity contribution in [1.82, 2.24) is 20.6 Å². The molecular weight excluding hydrogens is 288 g/mol. The molecule has 1 aromatic heterocycles. The Hall–Kier alpha value is -2.09. The molecule has 0 aliphatic carbocycles. The Morgan fingerprint density at radius 3 is 2.23 bits per heavy atom. The highest BCUT2D eigenvalue weighted by Crippen LogP contribution is 2.22. The molecule has 22 heavy (non-hydrogen) atoms. The first-order chi connectivity index (χ1) is 10.4. The van der Waals surface area contributed by atoms with Crippen LogP contribution >= 0.6 is 0 Å². The van der Waals surface area contributed by atoms with E-state index in [1.165, 1.54) is 20.5 Å². The molecule has 1 rings (SSSR count). The summed E-state index contributed by atoms with van der Waals surface area (Å²) in [6, 6.07) is 0. The minimum atomic E-state index is -0.500. The number of amides is 1. The van der Waals surface area contributed by atoms with E-state index in [4.69, 9.17) is 14.2 Å². The van der Waals surface area contributed by atoms with Gasteiger partial charge in [-0.3, -0.25) is 0 Å². The van der Waals surface area contributed by atoms with Crippen molar-refractivity contribution in [2.45, 2.75) is 32.9 Å². The fourth-order valence-corrected chi connectivity index (χ4v) is 1.66. The molecule has 0 fully saturated rings. The Kier molecular flexibility index (Phi) is 6.84. The minimum Gasteiger partial charge on any atom is -0.481 e. The number of methoxy groups -OCH3 is 2. The minimum absolute atomic E-state index is 0.437. The van der Waals surface area contributed by atoms with Crippen molar-refractivity contribution >= 4 is 6.09 Å². The van der Waals surface area contributed by atoms with Gasteiger partial charge in [0.25, 0.3) is 0 Å². The average molecular weight is 312 g/mol. The maximum absolute atomic E-state index is 11.5. The van der Waals surface area contributed by atoms with E-state index in [0.717, 1.165) is 5.56 Å². The van der Waals surface area contributed by atoms with Crippen LogP contribution < -0.4 is 20.1 Å². The van der Waals surface area contributed by atoms with Crippen LogP contribution in [0.25, 0.3) is 0 Å². The van der Waals surface area contributed by atoms with E-state index in [2.05, 4.69) is 20.6 Å². The molecule has 0 aliphatic heterocycles. The van der Waals surface area contributed by atoms with Crippen molar-refractivity contribution in [1.29, 1.82) is 0 Å². The maximum Gasteiger partial charge on any atom is 0.407 e. The van der Waals surface area contributed by atoms with Crippen molar-refractivity contribution < 1.29 is 19.0 Å². The largest absolute Gasteiger partial charge is 0.481 e. The molecule has 0 saturated carbocycles. The van der Waals surface area contributed by atoms with Gasteiger partial charge in [0.1, 0.15) is 11.9 Å². The van der Waals surface area contributed by atoms with Crippen LogP contribution in [0, 0.1) is 0 Å². The molecule has 2 N–H and O–H groups in total. The lowest BCUT2D eigenvalue weighted by molar-refractivity contribution is 0.0528.